The predicted octanol–water partition coefficient (Wildman–Crippen LogP) is 4.99. The third kappa shape index (κ3) is 4.84. The Balaban J connectivity index is 0.00000192. The van der Waals surface area contributed by atoms with Gasteiger partial charge in [-0.2, -0.15) is 0 Å². The smallest absolute Gasteiger partial charge is 1.00 e. The second-order valence-electron chi connectivity index (χ2n) is 14.7. The first-order valence-corrected chi connectivity index (χ1v) is 19.6. The molecule has 3 heteroatoms. The van der Waals surface area contributed by atoms with E-state index in [4.69, 9.17) is 0 Å². The summed E-state index contributed by atoms with van der Waals surface area (Å²) in [6.07, 6.45) is 7.54. The Morgan fingerprint density at radius 2 is 1.16 bits per heavy atom. The molecule has 0 N–H and O–H groups in total. The van der Waals surface area contributed by atoms with Crippen LogP contribution >= 0.6 is 0 Å². The molecule has 0 fully saturated rings. The van der Waals surface area contributed by atoms with Crippen molar-refractivity contribution in [1.82, 2.24) is 0 Å². The SMILES string of the molecule is CC1=CC(C)(C)c2cc3c(cc21)-c1cc2c(cc1[CH]3[Zr+2]([C]1=C(C)C(c3ccccc3)=CC1C)=[C](C)C)C(C)(C)C=C2C.[Cl-].[Cl-]. The predicted molar refractivity (Wildman–Crippen MR) is 180 cm³/mol. The minimum absolute atomic E-state index is 0. The van der Waals surface area contributed by atoms with Crippen LogP contribution < -0.4 is 24.8 Å². The summed E-state index contributed by atoms with van der Waals surface area (Å²) in [4.78, 5) is 0. The van der Waals surface area contributed by atoms with Crippen molar-refractivity contribution in [3.8, 4) is 11.1 Å². The van der Waals surface area contributed by atoms with E-state index < -0.39 is 21.3 Å². The van der Waals surface area contributed by atoms with Crippen molar-refractivity contribution in [3.63, 3.8) is 0 Å². The first-order chi connectivity index (χ1) is 19.8. The first kappa shape index (κ1) is 33.3. The van der Waals surface area contributed by atoms with Crippen LogP contribution in [0.2, 0.25) is 0 Å². The number of fused-ring (bicyclic) bond motifs is 5. The van der Waals surface area contributed by atoms with E-state index in [0.717, 1.165) is 0 Å². The molecular formula is C41H44Cl2Zr. The minimum Gasteiger partial charge on any atom is -1.00 e. The quantitative estimate of drug-likeness (QED) is 0.362. The van der Waals surface area contributed by atoms with Crippen molar-refractivity contribution in [2.45, 2.75) is 83.7 Å². The van der Waals surface area contributed by atoms with Gasteiger partial charge in [-0.3, -0.25) is 0 Å². The van der Waals surface area contributed by atoms with Crippen LogP contribution in [0.25, 0.3) is 27.8 Å². The zero-order valence-electron chi connectivity index (χ0n) is 27.8. The van der Waals surface area contributed by atoms with Crippen molar-refractivity contribution >= 4 is 19.9 Å². The van der Waals surface area contributed by atoms with Crippen molar-refractivity contribution in [1.29, 1.82) is 0 Å². The average Bonchev–Trinajstić information content (AvgIpc) is 3.55. The normalized spacial score (nSPS) is 19.8. The standard InChI is InChI=1S/C25H25.C13H13.C3H6.2ClH.Zr/c1-14-12-24(3,4)22-8-16-7-17-9-23-19(15(2)13-25(23,5)6)11-21(17)20(16)10-18(14)22;1-10-8-11(2)13(9-10)12-6-4-3-5-7-12;1-3-2;;;/h7-13H,1-6H3;3-7,9-10H,1-2H3;1-2H3;2*1H;/q;;;;;+2/p-2. The molecule has 3 aromatic carbocycles. The summed E-state index contributed by atoms with van der Waals surface area (Å²) in [5.74, 6) is 0.488. The van der Waals surface area contributed by atoms with Gasteiger partial charge in [-0.15, -0.1) is 0 Å². The number of halogens is 2. The molecular weight excluding hydrogens is 655 g/mol. The van der Waals surface area contributed by atoms with Crippen LogP contribution in [0.1, 0.15) is 112 Å². The van der Waals surface area contributed by atoms with E-state index in [1.165, 1.54) is 55.7 Å². The molecule has 226 valence electrons. The molecule has 0 aromatic heterocycles. The van der Waals surface area contributed by atoms with Gasteiger partial charge in [0.15, 0.2) is 0 Å². The van der Waals surface area contributed by atoms with Crippen LogP contribution in [0, 0.1) is 5.92 Å². The maximum Gasteiger partial charge on any atom is -1.00 e. The van der Waals surface area contributed by atoms with Crippen LogP contribution in [0.5, 0.6) is 0 Å². The van der Waals surface area contributed by atoms with Crippen molar-refractivity contribution in [2.75, 3.05) is 0 Å². The molecule has 0 amide bonds. The second-order valence-corrected chi connectivity index (χ2v) is 21.9. The molecule has 7 rings (SSSR count). The average molecular weight is 699 g/mol. The first-order valence-electron chi connectivity index (χ1n) is 15.7. The summed E-state index contributed by atoms with van der Waals surface area (Å²) in [5, 5.41) is 0. The molecule has 0 bridgehead atoms. The van der Waals surface area contributed by atoms with E-state index in [-0.39, 0.29) is 35.6 Å². The largest absolute Gasteiger partial charge is 1.00 e. The van der Waals surface area contributed by atoms with Gasteiger partial charge in [-0.1, -0.05) is 0 Å². The molecule has 0 heterocycles. The van der Waals surface area contributed by atoms with Gasteiger partial charge in [0.1, 0.15) is 0 Å². The van der Waals surface area contributed by atoms with E-state index >= 15 is 0 Å². The Labute approximate surface area is 285 Å². The van der Waals surface area contributed by atoms with Gasteiger partial charge in [0.25, 0.3) is 0 Å². The topological polar surface area (TPSA) is 0 Å². The molecule has 3 aromatic rings. The van der Waals surface area contributed by atoms with Crippen LogP contribution in [-0.4, -0.2) is 3.21 Å². The summed E-state index contributed by atoms with van der Waals surface area (Å²) in [5.41, 5.74) is 19.5. The molecule has 0 saturated carbocycles. The summed E-state index contributed by atoms with van der Waals surface area (Å²) in [6.45, 7) is 24.0. The van der Waals surface area contributed by atoms with E-state index in [0.29, 0.717) is 9.54 Å². The maximum absolute atomic E-state index is 2.66. The van der Waals surface area contributed by atoms with Gasteiger partial charge in [0, 0.05) is 0 Å². The maximum atomic E-state index is 2.66. The van der Waals surface area contributed by atoms with Crippen LogP contribution in [0.3, 0.4) is 0 Å². The van der Waals surface area contributed by atoms with Crippen LogP contribution in [-0.2, 0) is 32.1 Å². The Morgan fingerprint density at radius 1 is 0.682 bits per heavy atom. The number of rotatable bonds is 3. The van der Waals surface area contributed by atoms with Gasteiger partial charge >= 0.3 is 263 Å². The number of benzene rings is 3. The Hall–Kier alpha value is -2.05. The van der Waals surface area contributed by atoms with Crippen molar-refractivity contribution < 1.29 is 46.1 Å². The van der Waals surface area contributed by atoms with E-state index in [2.05, 4.69) is 142 Å². The third-order valence-corrected chi connectivity index (χ3v) is 19.6. The second kappa shape index (κ2) is 11.3. The van der Waals surface area contributed by atoms with Crippen LogP contribution in [0.15, 0.2) is 81.7 Å². The van der Waals surface area contributed by atoms with Crippen LogP contribution in [0.4, 0.5) is 0 Å². The molecule has 4 aliphatic carbocycles. The number of hydrogen-bond acceptors (Lipinski definition) is 0. The summed E-state index contributed by atoms with van der Waals surface area (Å²) in [7, 11) is 0. The fraction of sp³-hybridized carbons (Fsp3) is 0.341. The molecule has 1 atom stereocenters. The van der Waals surface area contributed by atoms with Gasteiger partial charge in [0.05, 0.1) is 0 Å². The zero-order chi connectivity index (χ0) is 29.9. The molecule has 0 spiro atoms. The fourth-order valence-corrected chi connectivity index (χ4v) is 17.7. The van der Waals surface area contributed by atoms with Gasteiger partial charge < -0.3 is 24.8 Å². The van der Waals surface area contributed by atoms with E-state index in [1.807, 2.05) is 0 Å². The fourth-order valence-electron chi connectivity index (χ4n) is 8.80. The Morgan fingerprint density at radius 3 is 1.61 bits per heavy atom. The molecule has 0 nitrogen and oxygen atoms in total. The summed E-state index contributed by atoms with van der Waals surface area (Å²) < 4.78 is 4.00. The Bertz CT molecular complexity index is 1790. The molecule has 1 unspecified atom stereocenters. The molecule has 4 aliphatic rings. The van der Waals surface area contributed by atoms with Crippen molar-refractivity contribution in [3.05, 3.63) is 121 Å². The zero-order valence-corrected chi connectivity index (χ0v) is 31.8. The summed E-state index contributed by atoms with van der Waals surface area (Å²) in [6, 6.07) is 21.6. The van der Waals surface area contributed by atoms with Gasteiger partial charge in [-0.05, 0) is 0 Å². The molecule has 0 radical (unpaired) electrons. The minimum atomic E-state index is -2.44. The number of allylic oxidation sites excluding steroid dienone is 8. The van der Waals surface area contributed by atoms with E-state index in [1.54, 1.807) is 23.2 Å². The van der Waals surface area contributed by atoms with Crippen molar-refractivity contribution in [2.24, 2.45) is 5.92 Å². The molecule has 44 heavy (non-hydrogen) atoms. The van der Waals surface area contributed by atoms with Gasteiger partial charge in [0.2, 0.25) is 0 Å². The molecule has 0 saturated heterocycles. The molecule has 0 aliphatic heterocycles. The summed E-state index contributed by atoms with van der Waals surface area (Å²) >= 11 is -2.44. The monoisotopic (exact) mass is 696 g/mol. The number of hydrogen-bond donors (Lipinski definition) is 0. The van der Waals surface area contributed by atoms with Gasteiger partial charge in [-0.25, -0.2) is 0 Å². The third-order valence-electron chi connectivity index (χ3n) is 10.6. The van der Waals surface area contributed by atoms with E-state index in [9.17, 15) is 0 Å². The Kier molecular flexibility index (Phi) is 8.58.